The summed E-state index contributed by atoms with van der Waals surface area (Å²) in [6.45, 7) is 11.5. The highest BCUT2D eigenvalue weighted by atomic mass is 127. The van der Waals surface area contributed by atoms with Gasteiger partial charge in [-0.3, -0.25) is 4.99 Å². The summed E-state index contributed by atoms with van der Waals surface area (Å²) in [4.78, 5) is 13.4. The van der Waals surface area contributed by atoms with Crippen molar-refractivity contribution in [3.05, 3.63) is 11.6 Å². The Bertz CT molecular complexity index is 461. The van der Waals surface area contributed by atoms with Crippen LogP contribution in [-0.2, 0) is 0 Å². The van der Waals surface area contributed by atoms with Crippen LogP contribution in [0, 0.1) is 5.41 Å². The number of aromatic nitrogens is 1. The van der Waals surface area contributed by atoms with Gasteiger partial charge in [-0.25, -0.2) is 4.98 Å². The molecule has 0 aliphatic carbocycles. The van der Waals surface area contributed by atoms with Gasteiger partial charge < -0.3 is 15.5 Å². The van der Waals surface area contributed by atoms with Crippen LogP contribution in [0.5, 0.6) is 0 Å². The normalized spacial score (nSPS) is 16.4. The largest absolute Gasteiger partial charge is 0.370 e. The van der Waals surface area contributed by atoms with Crippen molar-refractivity contribution < 1.29 is 0 Å². The Kier molecular flexibility index (Phi) is 8.60. The van der Waals surface area contributed by atoms with Crippen molar-refractivity contribution in [3.63, 3.8) is 0 Å². The molecule has 7 heteroatoms. The van der Waals surface area contributed by atoms with E-state index in [-0.39, 0.29) is 24.0 Å². The Morgan fingerprint density at radius 1 is 1.26 bits per heavy atom. The van der Waals surface area contributed by atoms with E-state index in [0.717, 1.165) is 44.3 Å². The number of nitrogens with two attached hydrogens (primary N) is 1. The first-order chi connectivity index (χ1) is 10.5. The predicted molar refractivity (Wildman–Crippen MR) is 111 cm³/mol. The molecule has 0 spiro atoms. The smallest absolute Gasteiger partial charge is 0.191 e. The van der Waals surface area contributed by atoms with Gasteiger partial charge in [0, 0.05) is 44.3 Å². The summed E-state index contributed by atoms with van der Waals surface area (Å²) in [6, 6.07) is 0. The lowest BCUT2D eigenvalue weighted by Crippen LogP contribution is -2.51. The highest BCUT2D eigenvalue weighted by Gasteiger charge is 2.19. The minimum absolute atomic E-state index is 0. The van der Waals surface area contributed by atoms with Gasteiger partial charge in [0.15, 0.2) is 11.1 Å². The van der Waals surface area contributed by atoms with Crippen LogP contribution >= 0.6 is 35.3 Å². The third-order valence-electron chi connectivity index (χ3n) is 3.90. The van der Waals surface area contributed by atoms with E-state index in [1.54, 1.807) is 11.3 Å². The monoisotopic (exact) mass is 451 g/mol. The lowest BCUT2D eigenvalue weighted by molar-refractivity contribution is 0.360. The molecule has 1 aromatic heterocycles. The summed E-state index contributed by atoms with van der Waals surface area (Å²) < 4.78 is 0. The van der Waals surface area contributed by atoms with Gasteiger partial charge in [-0.15, -0.1) is 35.3 Å². The SMILES string of the molecule is CC(C)(C)CCCCN=C(N)N1CCN(c2nccs2)CC1.I. The number of nitrogens with zero attached hydrogens (tertiary/aromatic N) is 4. The molecule has 2 N–H and O–H groups in total. The maximum atomic E-state index is 6.12. The zero-order valence-electron chi connectivity index (χ0n) is 14.5. The van der Waals surface area contributed by atoms with Crippen LogP contribution in [-0.4, -0.2) is 48.6 Å². The van der Waals surface area contributed by atoms with Gasteiger partial charge in [0.05, 0.1) is 0 Å². The molecule has 2 rings (SSSR count). The summed E-state index contributed by atoms with van der Waals surface area (Å²) in [5.74, 6) is 0.703. The van der Waals surface area contributed by atoms with Crippen molar-refractivity contribution in [2.45, 2.75) is 40.0 Å². The summed E-state index contributed by atoms with van der Waals surface area (Å²) in [6.07, 6.45) is 5.45. The van der Waals surface area contributed by atoms with Crippen LogP contribution in [0.3, 0.4) is 0 Å². The number of aliphatic imine (C=N–C) groups is 1. The Balaban J connectivity index is 0.00000264. The van der Waals surface area contributed by atoms with E-state index < -0.39 is 0 Å². The van der Waals surface area contributed by atoms with Crippen molar-refractivity contribution in [2.75, 3.05) is 37.6 Å². The third kappa shape index (κ3) is 7.24. The molecule has 0 radical (unpaired) electrons. The van der Waals surface area contributed by atoms with E-state index >= 15 is 0 Å². The number of hydrogen-bond acceptors (Lipinski definition) is 4. The summed E-state index contributed by atoms with van der Waals surface area (Å²) >= 11 is 1.70. The van der Waals surface area contributed by atoms with Gasteiger partial charge in [0.25, 0.3) is 0 Å². The molecule has 1 aromatic rings. The van der Waals surface area contributed by atoms with Crippen molar-refractivity contribution >= 4 is 46.4 Å². The Hall–Kier alpha value is -0.570. The van der Waals surface area contributed by atoms with Gasteiger partial charge in [-0.2, -0.15) is 0 Å². The molecule has 0 aromatic carbocycles. The number of rotatable bonds is 5. The number of unbranched alkanes of at least 4 members (excludes halogenated alkanes) is 1. The van der Waals surface area contributed by atoms with Gasteiger partial charge in [0.1, 0.15) is 0 Å². The molecule has 0 amide bonds. The number of guanidine groups is 1. The molecule has 0 saturated carbocycles. The highest BCUT2D eigenvalue weighted by molar-refractivity contribution is 14.0. The Labute approximate surface area is 161 Å². The number of thiazole rings is 1. The van der Waals surface area contributed by atoms with Crippen LogP contribution in [0.2, 0.25) is 0 Å². The first-order valence-corrected chi connectivity index (χ1v) is 9.03. The average Bonchev–Trinajstić information content (AvgIpc) is 3.00. The molecule has 5 nitrogen and oxygen atoms in total. The lowest BCUT2D eigenvalue weighted by Gasteiger charge is -2.35. The second kappa shape index (κ2) is 9.66. The first kappa shape index (κ1) is 20.5. The predicted octanol–water partition coefficient (Wildman–Crippen LogP) is 3.41. The van der Waals surface area contributed by atoms with Crippen molar-refractivity contribution in [3.8, 4) is 0 Å². The van der Waals surface area contributed by atoms with Crippen LogP contribution in [0.1, 0.15) is 40.0 Å². The molecule has 132 valence electrons. The molecule has 0 bridgehead atoms. The zero-order valence-corrected chi connectivity index (χ0v) is 17.6. The minimum atomic E-state index is 0. The number of hydrogen-bond donors (Lipinski definition) is 1. The van der Waals surface area contributed by atoms with Crippen molar-refractivity contribution in [2.24, 2.45) is 16.1 Å². The van der Waals surface area contributed by atoms with Crippen LogP contribution in [0.15, 0.2) is 16.6 Å². The number of halogens is 1. The minimum Gasteiger partial charge on any atom is -0.370 e. The van der Waals surface area contributed by atoms with Crippen molar-refractivity contribution in [1.82, 2.24) is 9.88 Å². The fourth-order valence-corrected chi connectivity index (χ4v) is 3.26. The Morgan fingerprint density at radius 2 is 1.96 bits per heavy atom. The molecule has 1 fully saturated rings. The molecule has 23 heavy (non-hydrogen) atoms. The second-order valence-electron chi connectivity index (χ2n) is 7.05. The van der Waals surface area contributed by atoms with E-state index in [1.807, 2.05) is 11.6 Å². The summed E-state index contributed by atoms with van der Waals surface area (Å²) in [5, 5.41) is 3.13. The van der Waals surface area contributed by atoms with Gasteiger partial charge in [0.2, 0.25) is 0 Å². The standard InChI is InChI=1S/C16H29N5S.HI/c1-16(2,3)6-4-5-7-18-14(17)20-9-11-21(12-10-20)15-19-8-13-22-15;/h8,13H,4-7,9-12H2,1-3H3,(H2,17,18);1H. The average molecular weight is 451 g/mol. The van der Waals surface area contributed by atoms with E-state index in [9.17, 15) is 0 Å². The molecule has 0 atom stereocenters. The molecule has 1 aliphatic rings. The molecule has 2 heterocycles. The lowest BCUT2D eigenvalue weighted by atomic mass is 9.90. The molecule has 1 saturated heterocycles. The maximum Gasteiger partial charge on any atom is 0.191 e. The van der Waals surface area contributed by atoms with Crippen molar-refractivity contribution in [1.29, 1.82) is 0 Å². The summed E-state index contributed by atoms with van der Waals surface area (Å²) in [7, 11) is 0. The molecule has 0 unspecified atom stereocenters. The first-order valence-electron chi connectivity index (χ1n) is 8.15. The molecule has 1 aliphatic heterocycles. The van der Waals surface area contributed by atoms with Gasteiger partial charge in [-0.05, 0) is 18.3 Å². The van der Waals surface area contributed by atoms with Crippen LogP contribution in [0.4, 0.5) is 5.13 Å². The third-order valence-corrected chi connectivity index (χ3v) is 4.73. The maximum absolute atomic E-state index is 6.12. The zero-order chi connectivity index (χ0) is 16.0. The van der Waals surface area contributed by atoms with E-state index in [1.165, 1.54) is 12.8 Å². The molecular weight excluding hydrogens is 421 g/mol. The summed E-state index contributed by atoms with van der Waals surface area (Å²) in [5.41, 5.74) is 6.54. The van der Waals surface area contributed by atoms with Crippen LogP contribution < -0.4 is 10.6 Å². The van der Waals surface area contributed by atoms with Gasteiger partial charge >= 0.3 is 0 Å². The topological polar surface area (TPSA) is 57.8 Å². The van der Waals surface area contributed by atoms with E-state index in [0.29, 0.717) is 11.4 Å². The molecular formula is C16H30IN5S. The highest BCUT2D eigenvalue weighted by Crippen LogP contribution is 2.21. The van der Waals surface area contributed by atoms with Gasteiger partial charge in [-0.1, -0.05) is 27.2 Å². The number of piperazine rings is 1. The fraction of sp³-hybridized carbons (Fsp3) is 0.750. The van der Waals surface area contributed by atoms with Crippen LogP contribution in [0.25, 0.3) is 0 Å². The van der Waals surface area contributed by atoms with E-state index in [4.69, 9.17) is 5.73 Å². The fourth-order valence-electron chi connectivity index (χ4n) is 2.56. The quantitative estimate of drug-likeness (QED) is 0.323. The Morgan fingerprint density at radius 3 is 2.52 bits per heavy atom. The number of anilines is 1. The van der Waals surface area contributed by atoms with E-state index in [2.05, 4.69) is 40.5 Å². The second-order valence-corrected chi connectivity index (χ2v) is 7.92.